The first-order valence-corrected chi connectivity index (χ1v) is 9.76. The number of aryl methyl sites for hydroxylation is 4. The Labute approximate surface area is 166 Å². The summed E-state index contributed by atoms with van der Waals surface area (Å²) >= 11 is 0. The fraction of sp³-hybridized carbons (Fsp3) is 0.240. The number of hydrogen-bond donors (Lipinski definition) is 0. The van der Waals surface area contributed by atoms with Crippen LogP contribution in [0.3, 0.4) is 0 Å². The van der Waals surface area contributed by atoms with Gasteiger partial charge in [-0.25, -0.2) is 4.98 Å². The van der Waals surface area contributed by atoms with E-state index in [9.17, 15) is 0 Å². The molecule has 0 saturated carbocycles. The second-order valence-electron chi connectivity index (χ2n) is 7.51. The monoisotopic (exact) mass is 370 g/mol. The minimum Gasteiger partial charge on any atom is -0.491 e. The van der Waals surface area contributed by atoms with Crippen LogP contribution in [0.25, 0.3) is 22.4 Å². The summed E-state index contributed by atoms with van der Waals surface area (Å²) < 4.78 is 8.41. The van der Waals surface area contributed by atoms with Crippen LogP contribution in [0.5, 0.6) is 5.75 Å². The van der Waals surface area contributed by atoms with Gasteiger partial charge in [-0.15, -0.1) is 0 Å². The molecular formula is C25H26N2O. The van der Waals surface area contributed by atoms with E-state index in [1.807, 2.05) is 6.07 Å². The minimum atomic E-state index is 0.600. The predicted octanol–water partition coefficient (Wildman–Crippen LogP) is 6.02. The Morgan fingerprint density at radius 3 is 2.39 bits per heavy atom. The lowest BCUT2D eigenvalue weighted by molar-refractivity contribution is 0.299. The van der Waals surface area contributed by atoms with Crippen LogP contribution in [-0.2, 0) is 6.54 Å². The van der Waals surface area contributed by atoms with E-state index in [0.29, 0.717) is 6.61 Å². The lowest BCUT2D eigenvalue weighted by atomic mass is 10.1. The van der Waals surface area contributed by atoms with Gasteiger partial charge < -0.3 is 9.30 Å². The normalized spacial score (nSPS) is 11.1. The summed E-state index contributed by atoms with van der Waals surface area (Å²) in [7, 11) is 0. The van der Waals surface area contributed by atoms with Crippen molar-refractivity contribution in [2.75, 3.05) is 6.61 Å². The molecule has 4 aromatic rings. The standard InChI is InChI=1S/C25H26N2O/c1-17-10-12-21(20(4)15-17)25-26-22-7-5-6-8-23(22)27(25)13-14-28-24-16-18(2)9-11-19(24)3/h5-12,15-16H,13-14H2,1-4H3. The summed E-state index contributed by atoms with van der Waals surface area (Å²) in [6.45, 7) is 9.80. The van der Waals surface area contributed by atoms with Crippen molar-refractivity contribution in [3.8, 4) is 17.1 Å². The molecule has 1 aromatic heterocycles. The first kappa shape index (κ1) is 18.3. The number of aromatic nitrogens is 2. The van der Waals surface area contributed by atoms with Gasteiger partial charge in [-0.2, -0.15) is 0 Å². The Bertz CT molecular complexity index is 1140. The van der Waals surface area contributed by atoms with Crippen molar-refractivity contribution in [3.63, 3.8) is 0 Å². The van der Waals surface area contributed by atoms with Gasteiger partial charge in [0.05, 0.1) is 17.6 Å². The molecule has 0 amide bonds. The lowest BCUT2D eigenvalue weighted by Gasteiger charge is -2.14. The summed E-state index contributed by atoms with van der Waals surface area (Å²) in [5, 5.41) is 0. The van der Waals surface area contributed by atoms with E-state index in [-0.39, 0.29) is 0 Å². The molecule has 0 unspecified atom stereocenters. The number of nitrogens with zero attached hydrogens (tertiary/aromatic N) is 2. The zero-order valence-electron chi connectivity index (χ0n) is 17.0. The van der Waals surface area contributed by atoms with Gasteiger partial charge in [-0.05, 0) is 62.6 Å². The van der Waals surface area contributed by atoms with Crippen molar-refractivity contribution in [2.45, 2.75) is 34.2 Å². The third-order valence-electron chi connectivity index (χ3n) is 5.19. The molecule has 0 bridgehead atoms. The van der Waals surface area contributed by atoms with Crippen molar-refractivity contribution in [2.24, 2.45) is 0 Å². The van der Waals surface area contributed by atoms with Gasteiger partial charge in [0.1, 0.15) is 18.2 Å². The summed E-state index contributed by atoms with van der Waals surface area (Å²) in [5.74, 6) is 1.96. The summed E-state index contributed by atoms with van der Waals surface area (Å²) in [4.78, 5) is 4.94. The number of rotatable bonds is 5. The van der Waals surface area contributed by atoms with Gasteiger partial charge in [0.15, 0.2) is 0 Å². The molecule has 0 radical (unpaired) electrons. The van der Waals surface area contributed by atoms with Crippen molar-refractivity contribution >= 4 is 11.0 Å². The van der Waals surface area contributed by atoms with Crippen LogP contribution in [0.4, 0.5) is 0 Å². The molecule has 0 N–H and O–H groups in total. The molecule has 28 heavy (non-hydrogen) atoms. The molecule has 0 aliphatic heterocycles. The molecule has 4 rings (SSSR count). The smallest absolute Gasteiger partial charge is 0.141 e. The van der Waals surface area contributed by atoms with Gasteiger partial charge in [0.25, 0.3) is 0 Å². The van der Waals surface area contributed by atoms with E-state index in [2.05, 4.69) is 86.9 Å². The van der Waals surface area contributed by atoms with Crippen molar-refractivity contribution in [1.82, 2.24) is 9.55 Å². The highest BCUT2D eigenvalue weighted by Gasteiger charge is 2.14. The maximum Gasteiger partial charge on any atom is 0.141 e. The molecule has 0 aliphatic rings. The summed E-state index contributed by atoms with van der Waals surface area (Å²) in [6.07, 6.45) is 0. The number of benzene rings is 3. The highest BCUT2D eigenvalue weighted by molar-refractivity contribution is 5.81. The zero-order valence-corrected chi connectivity index (χ0v) is 17.0. The van der Waals surface area contributed by atoms with Crippen LogP contribution in [0, 0.1) is 27.7 Å². The number of ether oxygens (including phenoxy) is 1. The van der Waals surface area contributed by atoms with E-state index in [1.54, 1.807) is 0 Å². The average Bonchev–Trinajstić information content (AvgIpc) is 3.03. The molecule has 0 saturated heterocycles. The highest BCUT2D eigenvalue weighted by Crippen LogP contribution is 2.28. The Kier molecular flexibility index (Phi) is 4.91. The van der Waals surface area contributed by atoms with Crippen LogP contribution in [0.15, 0.2) is 60.7 Å². The molecule has 1 heterocycles. The molecule has 0 spiro atoms. The van der Waals surface area contributed by atoms with Crippen LogP contribution < -0.4 is 4.74 Å². The van der Waals surface area contributed by atoms with Crippen LogP contribution in [0.2, 0.25) is 0 Å². The lowest BCUT2D eigenvalue weighted by Crippen LogP contribution is -2.10. The molecule has 0 atom stereocenters. The Morgan fingerprint density at radius 2 is 1.57 bits per heavy atom. The van der Waals surface area contributed by atoms with Gasteiger partial charge in [0, 0.05) is 5.56 Å². The van der Waals surface area contributed by atoms with Crippen molar-refractivity contribution in [3.05, 3.63) is 82.9 Å². The largest absolute Gasteiger partial charge is 0.491 e. The fourth-order valence-corrected chi connectivity index (χ4v) is 3.68. The molecule has 0 aliphatic carbocycles. The second kappa shape index (κ2) is 7.51. The highest BCUT2D eigenvalue weighted by atomic mass is 16.5. The van der Waals surface area contributed by atoms with Gasteiger partial charge in [-0.3, -0.25) is 0 Å². The Hall–Kier alpha value is -3.07. The van der Waals surface area contributed by atoms with E-state index < -0.39 is 0 Å². The van der Waals surface area contributed by atoms with Crippen LogP contribution in [0.1, 0.15) is 22.3 Å². The molecule has 3 nitrogen and oxygen atoms in total. The fourth-order valence-electron chi connectivity index (χ4n) is 3.68. The number of para-hydroxylation sites is 2. The molecular weight excluding hydrogens is 344 g/mol. The van der Waals surface area contributed by atoms with E-state index in [1.165, 1.54) is 22.3 Å². The Morgan fingerprint density at radius 1 is 0.821 bits per heavy atom. The number of imidazole rings is 1. The quantitative estimate of drug-likeness (QED) is 0.430. The van der Waals surface area contributed by atoms with Crippen LogP contribution >= 0.6 is 0 Å². The molecule has 3 aromatic carbocycles. The number of hydrogen-bond acceptors (Lipinski definition) is 2. The van der Waals surface area contributed by atoms with Crippen LogP contribution in [-0.4, -0.2) is 16.2 Å². The minimum absolute atomic E-state index is 0.600. The van der Waals surface area contributed by atoms with E-state index in [4.69, 9.17) is 9.72 Å². The zero-order chi connectivity index (χ0) is 19.7. The van der Waals surface area contributed by atoms with Gasteiger partial charge >= 0.3 is 0 Å². The maximum atomic E-state index is 6.13. The second-order valence-corrected chi connectivity index (χ2v) is 7.51. The van der Waals surface area contributed by atoms with Gasteiger partial charge in [0.2, 0.25) is 0 Å². The molecule has 0 fully saturated rings. The van der Waals surface area contributed by atoms with E-state index >= 15 is 0 Å². The maximum absolute atomic E-state index is 6.13. The Balaban J connectivity index is 1.68. The summed E-state index contributed by atoms with van der Waals surface area (Å²) in [5.41, 5.74) is 8.22. The third kappa shape index (κ3) is 3.53. The first-order valence-electron chi connectivity index (χ1n) is 9.76. The SMILES string of the molecule is Cc1ccc(-c2nc3ccccc3n2CCOc2cc(C)ccc2C)c(C)c1. The number of fused-ring (bicyclic) bond motifs is 1. The van der Waals surface area contributed by atoms with Crippen molar-refractivity contribution in [1.29, 1.82) is 0 Å². The topological polar surface area (TPSA) is 27.1 Å². The van der Waals surface area contributed by atoms with E-state index in [0.717, 1.165) is 34.7 Å². The molecule has 3 heteroatoms. The van der Waals surface area contributed by atoms with Gasteiger partial charge in [-0.1, -0.05) is 48.0 Å². The van der Waals surface area contributed by atoms with Crippen molar-refractivity contribution < 1.29 is 4.74 Å². The average molecular weight is 370 g/mol. The molecule has 142 valence electrons. The predicted molar refractivity (Wildman–Crippen MR) is 116 cm³/mol. The third-order valence-corrected chi connectivity index (χ3v) is 5.19. The summed E-state index contributed by atoms with van der Waals surface area (Å²) in [6, 6.07) is 21.2. The first-order chi connectivity index (χ1) is 13.5.